The van der Waals surface area contributed by atoms with E-state index in [0.29, 0.717) is 0 Å². The first kappa shape index (κ1) is 60.7. The lowest BCUT2D eigenvalue weighted by Gasteiger charge is -2.11. The zero-order valence-corrected chi connectivity index (χ0v) is 57.9. The van der Waals surface area contributed by atoms with Crippen molar-refractivity contribution in [2.75, 3.05) is 0 Å². The molecule has 22 aromatic rings. The summed E-state index contributed by atoms with van der Waals surface area (Å²) in [6, 6.07) is 146. The van der Waals surface area contributed by atoms with Gasteiger partial charge in [-0.3, -0.25) is 0 Å². The molecule has 0 amide bonds. The third-order valence-corrected chi connectivity index (χ3v) is 22.0. The second-order valence-electron chi connectivity index (χ2n) is 28.0. The Morgan fingerprint density at radius 3 is 0.708 bits per heavy atom. The Morgan fingerprint density at radius 2 is 0.349 bits per heavy atom. The Kier molecular flexibility index (Phi) is 14.2. The summed E-state index contributed by atoms with van der Waals surface area (Å²) in [6.45, 7) is 0. The van der Waals surface area contributed by atoms with Crippen LogP contribution in [0.15, 0.2) is 400 Å². The lowest BCUT2D eigenvalue weighted by atomic mass is 9.97. The first-order valence-electron chi connectivity index (χ1n) is 36.5. The van der Waals surface area contributed by atoms with E-state index in [0.717, 1.165) is 5.69 Å². The summed E-state index contributed by atoms with van der Waals surface area (Å²) in [5.41, 5.74) is 26.5. The number of hydrogen-bond acceptors (Lipinski definition) is 0. The molecule has 0 saturated carbocycles. The standard InChI is InChI=1S/C52H34N2.C50H32N2/c1-2-12-35(13-3-1)40-18-11-19-43(31-40)53-49-22-8-6-20-45(49)47-33-41(25-28-51(47)53)37-16-10-17-38(30-37)42-26-29-52-48(34-42)46-21-7-9-23-50(46)54(52)44-27-24-36-14-4-5-15-39(36)32-44;1-3-11-37-29-41(25-21-33(37)9-1)51-47-15-7-5-13-43(47)45-31-39(23-27-49(45)51)35-17-19-36(20-18-35)40-24-28-50-46(32-40)44-14-6-8-16-48(44)52(50)42-26-22-34-10-2-4-12-38(34)30-42/h1-34H;1-32H. The average Bonchev–Trinajstić information content (AvgIpc) is 1.61. The van der Waals surface area contributed by atoms with Crippen molar-refractivity contribution in [3.8, 4) is 78.4 Å². The molecule has 4 heterocycles. The third-order valence-electron chi connectivity index (χ3n) is 22.0. The summed E-state index contributed by atoms with van der Waals surface area (Å²) >= 11 is 0. The van der Waals surface area contributed by atoms with Crippen molar-refractivity contribution >= 4 is 120 Å². The molecule has 18 aromatic carbocycles. The molecule has 4 heteroatoms. The summed E-state index contributed by atoms with van der Waals surface area (Å²) in [4.78, 5) is 0. The van der Waals surface area contributed by atoms with Gasteiger partial charge in [-0.25, -0.2) is 0 Å². The van der Waals surface area contributed by atoms with Crippen molar-refractivity contribution in [1.82, 2.24) is 18.3 Å². The maximum atomic E-state index is 2.40. The molecule has 4 aromatic heterocycles. The molecule has 0 radical (unpaired) electrons. The second kappa shape index (κ2) is 24.9. The number of fused-ring (bicyclic) bond motifs is 15. The van der Waals surface area contributed by atoms with E-state index in [-0.39, 0.29) is 0 Å². The molecule has 0 aliphatic heterocycles. The number of para-hydroxylation sites is 4. The first-order chi connectivity index (χ1) is 52.5. The van der Waals surface area contributed by atoms with Gasteiger partial charge in [0.25, 0.3) is 0 Å². The van der Waals surface area contributed by atoms with Crippen LogP contribution in [0.5, 0.6) is 0 Å². The van der Waals surface area contributed by atoms with Crippen molar-refractivity contribution < 1.29 is 0 Å². The van der Waals surface area contributed by atoms with Gasteiger partial charge in [0.15, 0.2) is 0 Å². The van der Waals surface area contributed by atoms with Crippen molar-refractivity contribution in [3.05, 3.63) is 400 Å². The first-order valence-corrected chi connectivity index (χ1v) is 36.5. The molecule has 0 spiro atoms. The van der Waals surface area contributed by atoms with Crippen LogP contribution in [0.2, 0.25) is 0 Å². The number of hydrogen-bond donors (Lipinski definition) is 0. The molecule has 494 valence electrons. The highest BCUT2D eigenvalue weighted by Gasteiger charge is 2.20. The Bertz CT molecular complexity index is 7050. The second-order valence-corrected chi connectivity index (χ2v) is 28.0. The van der Waals surface area contributed by atoms with Crippen LogP contribution < -0.4 is 0 Å². The van der Waals surface area contributed by atoms with Crippen LogP contribution in [-0.2, 0) is 0 Å². The minimum absolute atomic E-state index is 1.16. The van der Waals surface area contributed by atoms with Crippen LogP contribution in [0.1, 0.15) is 0 Å². The number of nitrogens with zero attached hydrogens (tertiary/aromatic N) is 4. The van der Waals surface area contributed by atoms with E-state index >= 15 is 0 Å². The highest BCUT2D eigenvalue weighted by molar-refractivity contribution is 6.15. The molecule has 0 unspecified atom stereocenters. The van der Waals surface area contributed by atoms with Gasteiger partial charge in [-0.2, -0.15) is 0 Å². The van der Waals surface area contributed by atoms with Gasteiger partial charge in [0.05, 0.1) is 44.1 Å². The largest absolute Gasteiger partial charge is 0.309 e. The molecule has 0 aliphatic carbocycles. The van der Waals surface area contributed by atoms with Crippen LogP contribution >= 0.6 is 0 Å². The molecular weight excluding hydrogens is 1280 g/mol. The van der Waals surface area contributed by atoms with E-state index in [4.69, 9.17) is 0 Å². The van der Waals surface area contributed by atoms with Crippen molar-refractivity contribution in [2.45, 2.75) is 0 Å². The van der Waals surface area contributed by atoms with Crippen molar-refractivity contribution in [2.24, 2.45) is 0 Å². The van der Waals surface area contributed by atoms with Crippen LogP contribution in [0, 0.1) is 0 Å². The number of rotatable bonds is 9. The Labute approximate surface area is 612 Å². The van der Waals surface area contributed by atoms with E-state index in [9.17, 15) is 0 Å². The smallest absolute Gasteiger partial charge is 0.0541 e. The van der Waals surface area contributed by atoms with Crippen LogP contribution in [0.4, 0.5) is 0 Å². The van der Waals surface area contributed by atoms with Gasteiger partial charge in [0.2, 0.25) is 0 Å². The molecule has 106 heavy (non-hydrogen) atoms. The molecule has 0 aliphatic rings. The van der Waals surface area contributed by atoms with E-state index in [1.807, 2.05) is 0 Å². The fourth-order valence-corrected chi connectivity index (χ4v) is 16.9. The number of aromatic nitrogens is 4. The lowest BCUT2D eigenvalue weighted by molar-refractivity contribution is 1.18. The maximum absolute atomic E-state index is 2.40. The van der Waals surface area contributed by atoms with E-state index in [1.54, 1.807) is 0 Å². The molecule has 0 atom stereocenters. The van der Waals surface area contributed by atoms with Crippen molar-refractivity contribution in [3.63, 3.8) is 0 Å². The van der Waals surface area contributed by atoms with Crippen molar-refractivity contribution in [1.29, 1.82) is 0 Å². The fourth-order valence-electron chi connectivity index (χ4n) is 16.9. The van der Waals surface area contributed by atoms with Gasteiger partial charge in [-0.15, -0.1) is 0 Å². The predicted octanol–water partition coefficient (Wildman–Crippen LogP) is 27.6. The summed E-state index contributed by atoms with van der Waals surface area (Å²) in [6.07, 6.45) is 0. The third kappa shape index (κ3) is 10.2. The van der Waals surface area contributed by atoms with Gasteiger partial charge in [-0.1, -0.05) is 273 Å². The minimum Gasteiger partial charge on any atom is -0.309 e. The van der Waals surface area contributed by atoms with Gasteiger partial charge in [0, 0.05) is 65.8 Å². The maximum Gasteiger partial charge on any atom is 0.0541 e. The van der Waals surface area contributed by atoms with Crippen LogP contribution in [-0.4, -0.2) is 18.3 Å². The molecule has 0 fully saturated rings. The highest BCUT2D eigenvalue weighted by atomic mass is 15.0. The van der Waals surface area contributed by atoms with E-state index < -0.39 is 0 Å². The van der Waals surface area contributed by atoms with Gasteiger partial charge >= 0.3 is 0 Å². The molecule has 0 bridgehead atoms. The Morgan fingerprint density at radius 1 is 0.113 bits per heavy atom. The summed E-state index contributed by atoms with van der Waals surface area (Å²) < 4.78 is 9.61. The summed E-state index contributed by atoms with van der Waals surface area (Å²) in [5.74, 6) is 0. The van der Waals surface area contributed by atoms with Gasteiger partial charge in [0.1, 0.15) is 0 Å². The van der Waals surface area contributed by atoms with Crippen LogP contribution in [0.3, 0.4) is 0 Å². The van der Waals surface area contributed by atoms with E-state index in [1.165, 1.54) is 192 Å². The average molecular weight is 1350 g/mol. The molecule has 0 saturated heterocycles. The SMILES string of the molecule is c1ccc(-c2cccc(-n3c4ccccc4c4cc(-c5cccc(-c6ccc7c(c6)c6ccccc6n7-c6ccc7ccccc7c6)c5)ccc43)c2)cc1.c1ccc2cc(-n3c4ccccc4c4cc(-c5ccc(-c6ccc7c(c6)c6ccccc6n7-c6ccc7ccccc7c6)cc5)ccc43)ccc2c1. The quantitative estimate of drug-likeness (QED) is 0.137. The molecule has 4 nitrogen and oxygen atoms in total. The number of benzene rings is 18. The molecule has 22 rings (SSSR count). The zero-order valence-electron chi connectivity index (χ0n) is 57.9. The molecular formula is C102H66N4. The van der Waals surface area contributed by atoms with E-state index in [2.05, 4.69) is 419 Å². The highest BCUT2D eigenvalue weighted by Crippen LogP contribution is 2.43. The molecule has 0 N–H and O–H groups in total. The van der Waals surface area contributed by atoms with Gasteiger partial charge < -0.3 is 18.3 Å². The summed E-state index contributed by atoms with van der Waals surface area (Å²) in [5, 5.41) is 17.6. The Hall–Kier alpha value is -14.1. The fraction of sp³-hybridized carbons (Fsp3) is 0. The lowest BCUT2D eigenvalue weighted by Crippen LogP contribution is -1.94. The topological polar surface area (TPSA) is 19.7 Å². The zero-order chi connectivity index (χ0) is 69.8. The van der Waals surface area contributed by atoms with Gasteiger partial charge in [-0.05, 0) is 215 Å². The predicted molar refractivity (Wildman–Crippen MR) is 450 cm³/mol. The van der Waals surface area contributed by atoms with Crippen LogP contribution in [0.25, 0.3) is 198 Å². The Balaban J connectivity index is 0.000000136. The normalized spacial score (nSPS) is 11.8. The summed E-state index contributed by atoms with van der Waals surface area (Å²) in [7, 11) is 0. The monoisotopic (exact) mass is 1350 g/mol. The minimum atomic E-state index is 1.16.